The number of halogens is 7. The number of aromatic amines is 2. The van der Waals surface area contributed by atoms with Gasteiger partial charge in [0.05, 0.1) is 21.1 Å². The number of alkyl halides is 6. The Labute approximate surface area is 420 Å². The van der Waals surface area contributed by atoms with Gasteiger partial charge in [0.1, 0.15) is 11.4 Å². The number of thiophene rings is 2. The van der Waals surface area contributed by atoms with Crippen LogP contribution < -0.4 is 32.0 Å². The number of nitrogens with one attached hydrogen (secondary N) is 3. The molecule has 4 aromatic heterocycles. The third-order valence-corrected chi connectivity index (χ3v) is 15.6. The van der Waals surface area contributed by atoms with Gasteiger partial charge >= 0.3 is 18.3 Å². The van der Waals surface area contributed by atoms with Crippen LogP contribution in [0.2, 0.25) is 0 Å². The van der Waals surface area contributed by atoms with Crippen LogP contribution in [0.1, 0.15) is 131 Å². The zero-order valence-electron chi connectivity index (χ0n) is 41.5. The molecule has 6 N–H and O–H groups in total. The van der Waals surface area contributed by atoms with Gasteiger partial charge in [-0.25, -0.2) is 4.79 Å². The average molecular weight is 1050 g/mol. The van der Waals surface area contributed by atoms with Crippen molar-refractivity contribution in [1.29, 1.82) is 0 Å². The van der Waals surface area contributed by atoms with Gasteiger partial charge in [0.15, 0.2) is 0 Å². The quantitative estimate of drug-likeness (QED) is 0.0813. The number of carbonyl (C=O) groups excluding carboxylic acids is 1. The molecular formula is C48H69ClF6N8O5S2. The summed E-state index contributed by atoms with van der Waals surface area (Å²) in [4.78, 5) is 60.4. The lowest BCUT2D eigenvalue weighted by Gasteiger charge is -2.39. The molecule has 0 saturated heterocycles. The molecule has 0 unspecified atom stereocenters. The van der Waals surface area contributed by atoms with E-state index in [1.54, 1.807) is 21.7 Å². The second kappa shape index (κ2) is 25.8. The maximum Gasteiger partial charge on any atom is 0.431 e. The van der Waals surface area contributed by atoms with Gasteiger partial charge < -0.3 is 45.7 Å². The number of aromatic nitrogens is 2. The van der Waals surface area contributed by atoms with E-state index in [1.807, 2.05) is 24.2 Å². The van der Waals surface area contributed by atoms with E-state index in [1.165, 1.54) is 50.9 Å². The fraction of sp³-hybridized carbons (Fsp3) is 0.583. The number of H-pyrrole nitrogens is 2. The zero-order chi connectivity index (χ0) is 51.7. The number of nitrogens with two attached hydrogens (primary N) is 1. The molecule has 0 aromatic carbocycles. The van der Waals surface area contributed by atoms with Crippen molar-refractivity contribution in [2.24, 2.45) is 5.73 Å². The normalized spacial score (nSPS) is 18.3. The van der Waals surface area contributed by atoms with E-state index in [2.05, 4.69) is 67.0 Å². The van der Waals surface area contributed by atoms with Crippen molar-refractivity contribution in [2.75, 3.05) is 51.1 Å². The molecule has 392 valence electrons. The number of hydrogen-bond donors (Lipinski definition) is 5. The van der Waals surface area contributed by atoms with Crippen molar-refractivity contribution in [2.45, 2.75) is 143 Å². The number of pyridine rings is 2. The molecule has 2 fully saturated rings. The van der Waals surface area contributed by atoms with Crippen LogP contribution in [-0.2, 0) is 25.4 Å². The van der Waals surface area contributed by atoms with Crippen LogP contribution in [0.5, 0.6) is 0 Å². The van der Waals surface area contributed by atoms with Crippen molar-refractivity contribution in [1.82, 2.24) is 25.1 Å². The summed E-state index contributed by atoms with van der Waals surface area (Å²) < 4.78 is 75.2. The van der Waals surface area contributed by atoms with E-state index in [-0.39, 0.29) is 53.7 Å². The Kier molecular flexibility index (Phi) is 22.1. The molecule has 1 amide bonds. The number of hydrogen-bond acceptors (Lipinski definition) is 11. The molecule has 4 heterocycles. The standard InChI is InChI=1S/C24H33F3N4O2S.C16H26N2O2S.C8H9F3N2O.ClH/c1-6-31(17-9-7-16(8-10-17)30(4)5)23-15(3)19(13-34-23)21(32)28-12-18-14(2)11-20(24(25,26)27)29-22(18)33;1-5-18(13-8-6-12(7-9-13)17(3)4)15-11(2)14(10-21-15)16(19)20;1-4-2-6(8(9,10)11)13-7(14)5(4)3-12;/h11,13,16-17H,6-10,12H2,1-5H3,(H,28,32)(H,29,33);10,12-13H,5-9H2,1-4H3,(H,19,20);2H,3,12H2,1H3,(H,13,14);1H. The molecule has 6 rings (SSSR count). The SMILES string of the molecule is CCN(c1scc(C(=O)NCc2c(C)cc(C(F)(F)F)[nH]c2=O)c1C)C1CCC(N(C)C)CC1.CCN(c1scc(C(=O)O)c1C)C1CCC(N(C)C)CC1.Cc1cc(C(F)(F)F)[nH]c(=O)c1CN.Cl. The van der Waals surface area contributed by atoms with Crippen molar-refractivity contribution in [3.63, 3.8) is 0 Å². The van der Waals surface area contributed by atoms with Crippen LogP contribution in [-0.4, -0.2) is 102 Å². The van der Waals surface area contributed by atoms with Gasteiger partial charge in [-0.3, -0.25) is 14.4 Å². The fourth-order valence-corrected chi connectivity index (χ4v) is 11.6. The third-order valence-electron chi connectivity index (χ3n) is 13.3. The summed E-state index contributed by atoms with van der Waals surface area (Å²) in [5.41, 5.74) is 4.97. The number of aromatic carboxylic acids is 1. The number of carboxylic acids is 1. The van der Waals surface area contributed by atoms with Crippen LogP contribution in [0.15, 0.2) is 32.5 Å². The first kappa shape index (κ1) is 59.9. The molecule has 0 aliphatic heterocycles. The van der Waals surface area contributed by atoms with E-state index < -0.39 is 40.8 Å². The van der Waals surface area contributed by atoms with Gasteiger partial charge in [-0.05, 0) is 155 Å². The van der Waals surface area contributed by atoms with Gasteiger partial charge in [-0.2, -0.15) is 26.3 Å². The van der Waals surface area contributed by atoms with E-state index in [0.717, 1.165) is 72.0 Å². The fourth-order valence-electron chi connectivity index (χ4n) is 9.20. The summed E-state index contributed by atoms with van der Waals surface area (Å²) in [6, 6.07) is 4.05. The van der Waals surface area contributed by atoms with Crippen molar-refractivity contribution < 1.29 is 41.0 Å². The third kappa shape index (κ3) is 15.1. The highest BCUT2D eigenvalue weighted by Crippen LogP contribution is 2.38. The lowest BCUT2D eigenvalue weighted by atomic mass is 9.89. The molecule has 2 aliphatic carbocycles. The predicted molar refractivity (Wildman–Crippen MR) is 270 cm³/mol. The van der Waals surface area contributed by atoms with Gasteiger partial charge in [0.2, 0.25) is 0 Å². The second-order valence-electron chi connectivity index (χ2n) is 18.1. The molecule has 70 heavy (non-hydrogen) atoms. The van der Waals surface area contributed by atoms with Gasteiger partial charge in [0, 0.05) is 72.2 Å². The highest BCUT2D eigenvalue weighted by Gasteiger charge is 2.34. The second-order valence-corrected chi connectivity index (χ2v) is 19.8. The highest BCUT2D eigenvalue weighted by atomic mass is 35.5. The number of carbonyl (C=O) groups is 2. The number of nitrogens with zero attached hydrogens (tertiary/aromatic N) is 4. The van der Waals surface area contributed by atoms with Crippen LogP contribution in [0.3, 0.4) is 0 Å². The van der Waals surface area contributed by atoms with E-state index in [0.29, 0.717) is 35.3 Å². The maximum absolute atomic E-state index is 12.9. The molecule has 0 bridgehead atoms. The molecular weight excluding hydrogens is 982 g/mol. The number of carboxylic acid groups (broad SMARTS) is 1. The van der Waals surface area contributed by atoms with Crippen LogP contribution in [0, 0.1) is 27.7 Å². The van der Waals surface area contributed by atoms with Crippen molar-refractivity contribution in [3.05, 3.63) is 99.5 Å². The summed E-state index contributed by atoms with van der Waals surface area (Å²) in [6.07, 6.45) is 0.169. The Balaban J connectivity index is 0.000000306. The minimum Gasteiger partial charge on any atom is -0.478 e. The first-order valence-electron chi connectivity index (χ1n) is 23.1. The predicted octanol–water partition coefficient (Wildman–Crippen LogP) is 9.74. The molecule has 0 radical (unpaired) electrons. The number of aryl methyl sites for hydroxylation is 2. The summed E-state index contributed by atoms with van der Waals surface area (Å²) in [7, 11) is 8.56. The Bertz CT molecular complexity index is 2470. The largest absolute Gasteiger partial charge is 0.478 e. The van der Waals surface area contributed by atoms with Crippen molar-refractivity contribution >= 4 is 57.0 Å². The molecule has 0 atom stereocenters. The summed E-state index contributed by atoms with van der Waals surface area (Å²) in [5, 5.41) is 17.7. The first-order valence-corrected chi connectivity index (χ1v) is 24.8. The molecule has 22 heteroatoms. The lowest BCUT2D eigenvalue weighted by Crippen LogP contribution is -2.42. The minimum absolute atomic E-state index is 0. The lowest BCUT2D eigenvalue weighted by molar-refractivity contribution is -0.142. The van der Waals surface area contributed by atoms with E-state index in [9.17, 15) is 50.6 Å². The van der Waals surface area contributed by atoms with Gasteiger partial charge in [0.25, 0.3) is 17.0 Å². The number of amides is 1. The molecule has 2 saturated carbocycles. The first-order chi connectivity index (χ1) is 32.2. The maximum atomic E-state index is 12.9. The van der Waals surface area contributed by atoms with Gasteiger partial charge in [-0.15, -0.1) is 35.1 Å². The van der Waals surface area contributed by atoms with Gasteiger partial charge in [-0.1, -0.05) is 0 Å². The molecule has 2 aliphatic rings. The zero-order valence-corrected chi connectivity index (χ0v) is 44.0. The number of anilines is 2. The Morgan fingerprint density at radius 2 is 1.03 bits per heavy atom. The Hall–Kier alpha value is -4.41. The summed E-state index contributed by atoms with van der Waals surface area (Å²) in [5.74, 6) is -1.16. The molecule has 13 nitrogen and oxygen atoms in total. The van der Waals surface area contributed by atoms with Crippen LogP contribution >= 0.6 is 35.1 Å². The van der Waals surface area contributed by atoms with E-state index in [4.69, 9.17) is 5.73 Å². The highest BCUT2D eigenvalue weighted by molar-refractivity contribution is 7.15. The smallest absolute Gasteiger partial charge is 0.431 e. The van der Waals surface area contributed by atoms with Crippen molar-refractivity contribution in [3.8, 4) is 0 Å². The number of rotatable bonds is 13. The Morgan fingerprint density at radius 3 is 1.34 bits per heavy atom. The summed E-state index contributed by atoms with van der Waals surface area (Å²) in [6.45, 7) is 12.6. The average Bonchev–Trinajstić information content (AvgIpc) is 3.85. The van der Waals surface area contributed by atoms with Crippen LogP contribution in [0.4, 0.5) is 36.3 Å². The minimum atomic E-state index is -4.63. The Morgan fingerprint density at radius 1 is 0.671 bits per heavy atom. The topological polar surface area (TPSA) is 171 Å². The van der Waals surface area contributed by atoms with E-state index >= 15 is 0 Å². The van der Waals surface area contributed by atoms with Crippen LogP contribution in [0.25, 0.3) is 0 Å². The summed E-state index contributed by atoms with van der Waals surface area (Å²) >= 11 is 3.10. The molecule has 0 spiro atoms. The molecule has 4 aromatic rings. The monoisotopic (exact) mass is 1050 g/mol.